The summed E-state index contributed by atoms with van der Waals surface area (Å²) < 4.78 is 58.5. The lowest BCUT2D eigenvalue weighted by molar-refractivity contribution is -0.144. The molecule has 3 heterocycles. The number of alkyl halides is 3. The van der Waals surface area contributed by atoms with Crippen LogP contribution in [-0.2, 0) is 41.4 Å². The SMILES string of the molecule is Cc1ncsc1-c1ccc(CNC(=O)[C@@H]2C[C@@H](O)CN2C(=O)C(NC(=O)COCCCOCCCCOc2cccc(N3C(=S)N(c4ccc(C#N)c(C(F)(F)F)c4)C(=O)C3(C)C)c2)C(C)(C)C)cc1. The highest BCUT2D eigenvalue weighted by atomic mass is 32.1. The molecule has 0 radical (unpaired) electrons. The van der Waals surface area contributed by atoms with Crippen molar-refractivity contribution in [1.29, 1.82) is 5.26 Å². The number of benzene rings is 3. The summed E-state index contributed by atoms with van der Waals surface area (Å²) in [6.07, 6.45) is -3.78. The minimum Gasteiger partial charge on any atom is -0.494 e. The van der Waals surface area contributed by atoms with Crippen molar-refractivity contribution in [3.05, 3.63) is 94.6 Å². The average Bonchev–Trinajstić information content (AvgIpc) is 3.97. The number of carbonyl (C=O) groups is 4. The van der Waals surface area contributed by atoms with E-state index in [1.165, 1.54) is 11.0 Å². The number of amides is 4. The lowest BCUT2D eigenvalue weighted by Gasteiger charge is -2.35. The molecule has 2 aliphatic heterocycles. The molecule has 3 N–H and O–H groups in total. The maximum Gasteiger partial charge on any atom is 0.417 e. The van der Waals surface area contributed by atoms with E-state index in [4.69, 9.17) is 26.4 Å². The fourth-order valence-electron chi connectivity index (χ4n) is 8.18. The number of aliphatic hydroxyl groups is 1. The van der Waals surface area contributed by atoms with Gasteiger partial charge in [0.25, 0.3) is 5.91 Å². The Labute approximate surface area is 414 Å². The molecule has 0 spiro atoms. The fraction of sp³-hybridized carbons (Fsp3) is 0.460. The summed E-state index contributed by atoms with van der Waals surface area (Å²) in [6.45, 7) is 12.0. The minimum absolute atomic E-state index is 0.0218. The number of hydrogen-bond acceptors (Lipinski definition) is 12. The summed E-state index contributed by atoms with van der Waals surface area (Å²) in [4.78, 5) is 63.3. The molecule has 6 rings (SSSR count). The molecule has 2 aliphatic rings. The van der Waals surface area contributed by atoms with Crippen molar-refractivity contribution >= 4 is 63.7 Å². The Morgan fingerprint density at radius 1 is 0.986 bits per heavy atom. The Morgan fingerprint density at radius 2 is 1.69 bits per heavy atom. The minimum atomic E-state index is -4.81. The first-order valence-corrected chi connectivity index (χ1v) is 24.1. The van der Waals surface area contributed by atoms with Crippen LogP contribution in [0.15, 0.2) is 72.2 Å². The lowest BCUT2D eigenvalue weighted by atomic mass is 9.85. The quantitative estimate of drug-likeness (QED) is 0.0593. The predicted molar refractivity (Wildman–Crippen MR) is 262 cm³/mol. The number of carbonyl (C=O) groups excluding carboxylic acids is 4. The standard InChI is InChI=1S/C50H58F3N7O8S2/c1-31-42(70-30-56-31)33-15-13-32(14-16-33)27-55-44(63)40-25-37(61)28-58(40)45(64)43(48(2,3)4)57-41(62)29-67-21-10-20-66-19-7-8-22-68-38-12-9-11-36(23-38)60-47(69)59(46(65)49(60,5)6)35-18-17-34(26-54)39(24-35)50(51,52)53/h9,11-18,23-24,30,37,40,43,61H,7-8,10,19-22,25,27-29H2,1-6H3,(H,55,63)(H,57,62)/t37-,40+,43?/m1/s1. The highest BCUT2D eigenvalue weighted by molar-refractivity contribution is 7.81. The van der Waals surface area contributed by atoms with Gasteiger partial charge in [-0.2, -0.15) is 18.4 Å². The summed E-state index contributed by atoms with van der Waals surface area (Å²) >= 11 is 7.21. The molecule has 2 fully saturated rings. The summed E-state index contributed by atoms with van der Waals surface area (Å²) in [5.74, 6) is -1.39. The molecule has 15 nitrogen and oxygen atoms in total. The molecule has 3 aromatic carbocycles. The van der Waals surface area contributed by atoms with E-state index < -0.39 is 70.1 Å². The maximum atomic E-state index is 14.0. The zero-order valence-electron chi connectivity index (χ0n) is 39.9. The van der Waals surface area contributed by atoms with Gasteiger partial charge in [0, 0.05) is 51.1 Å². The largest absolute Gasteiger partial charge is 0.494 e. The molecule has 3 atom stereocenters. The van der Waals surface area contributed by atoms with Gasteiger partial charge in [0.05, 0.1) is 51.7 Å². The molecule has 2 saturated heterocycles. The third-order valence-electron chi connectivity index (χ3n) is 11.9. The summed E-state index contributed by atoms with van der Waals surface area (Å²) in [7, 11) is 0. The van der Waals surface area contributed by atoms with Crippen LogP contribution in [-0.4, -0.2) is 107 Å². The third-order valence-corrected chi connectivity index (χ3v) is 13.2. The Morgan fingerprint density at radius 3 is 2.36 bits per heavy atom. The van der Waals surface area contributed by atoms with Gasteiger partial charge in [-0.15, -0.1) is 11.3 Å². The number of unbranched alkanes of at least 4 members (excludes halogenated alkanes) is 1. The number of likely N-dealkylation sites (tertiary alicyclic amines) is 1. The maximum absolute atomic E-state index is 14.0. The normalized spacial score (nSPS) is 17.4. The van der Waals surface area contributed by atoms with Gasteiger partial charge in [0.1, 0.15) is 30.0 Å². The third kappa shape index (κ3) is 12.9. The molecule has 4 amide bonds. The molecule has 374 valence electrons. The van der Waals surface area contributed by atoms with Gasteiger partial charge in [0.2, 0.25) is 17.7 Å². The van der Waals surface area contributed by atoms with E-state index in [9.17, 15) is 42.7 Å². The number of ether oxygens (including phenoxy) is 3. The molecule has 0 aliphatic carbocycles. The highest BCUT2D eigenvalue weighted by Crippen LogP contribution is 2.40. The smallest absolute Gasteiger partial charge is 0.417 e. The van der Waals surface area contributed by atoms with E-state index in [-0.39, 0.29) is 43.5 Å². The Balaban J connectivity index is 0.882. The Hall–Kier alpha value is -5.98. The van der Waals surface area contributed by atoms with Crippen LogP contribution in [0.1, 0.15) is 82.7 Å². The van der Waals surface area contributed by atoms with Crippen molar-refractivity contribution in [1.82, 2.24) is 20.5 Å². The number of aryl methyl sites for hydroxylation is 1. The number of aromatic nitrogens is 1. The number of rotatable bonds is 20. The average molecular weight is 1010 g/mol. The molecule has 1 aromatic heterocycles. The predicted octanol–water partition coefficient (Wildman–Crippen LogP) is 7.32. The molecule has 4 aromatic rings. The van der Waals surface area contributed by atoms with Crippen molar-refractivity contribution in [3.8, 4) is 22.3 Å². The van der Waals surface area contributed by atoms with Crippen LogP contribution < -0.4 is 25.2 Å². The van der Waals surface area contributed by atoms with Crippen molar-refractivity contribution in [2.24, 2.45) is 5.41 Å². The van der Waals surface area contributed by atoms with Crippen molar-refractivity contribution in [3.63, 3.8) is 0 Å². The van der Waals surface area contributed by atoms with Crippen molar-refractivity contribution in [2.75, 3.05) is 49.4 Å². The molecule has 20 heteroatoms. The van der Waals surface area contributed by atoms with Gasteiger partial charge < -0.3 is 39.8 Å². The number of halogens is 3. The fourth-order valence-corrected chi connectivity index (χ4v) is 9.51. The highest BCUT2D eigenvalue weighted by Gasteiger charge is 2.51. The molecule has 1 unspecified atom stereocenters. The number of β-amino-alcohol motifs (C(OH)–C–C–N with tert-alkyl or cyclic N) is 1. The van der Waals surface area contributed by atoms with Gasteiger partial charge in [-0.3, -0.25) is 24.1 Å². The van der Waals surface area contributed by atoms with E-state index in [1.54, 1.807) is 65.9 Å². The zero-order valence-corrected chi connectivity index (χ0v) is 41.6. The number of anilines is 2. The summed E-state index contributed by atoms with van der Waals surface area (Å²) in [5.41, 5.74) is 1.37. The summed E-state index contributed by atoms with van der Waals surface area (Å²) in [5, 5.41) is 25.4. The topological polar surface area (TPSA) is 187 Å². The number of thiocarbonyl (C=S) groups is 1. The zero-order chi connectivity index (χ0) is 51.0. The van der Waals surface area contributed by atoms with E-state index in [2.05, 4.69) is 15.6 Å². The number of nitrogens with zero attached hydrogens (tertiary/aromatic N) is 5. The number of nitrogens with one attached hydrogen (secondary N) is 2. The van der Waals surface area contributed by atoms with Crippen molar-refractivity contribution in [2.45, 2.75) is 104 Å². The summed E-state index contributed by atoms with van der Waals surface area (Å²) in [6, 6.07) is 17.4. The number of hydrogen-bond donors (Lipinski definition) is 3. The van der Waals surface area contributed by atoms with Gasteiger partial charge in [0.15, 0.2) is 5.11 Å². The molecule has 70 heavy (non-hydrogen) atoms. The first-order valence-electron chi connectivity index (χ1n) is 22.8. The van der Waals surface area contributed by atoms with Gasteiger partial charge >= 0.3 is 6.18 Å². The second kappa shape index (κ2) is 22.8. The van der Waals surface area contributed by atoms with Crippen LogP contribution in [0.4, 0.5) is 24.5 Å². The van der Waals surface area contributed by atoms with E-state index in [1.807, 2.05) is 52.0 Å². The number of thiazole rings is 1. The van der Waals surface area contributed by atoms with Crippen molar-refractivity contribution < 1.29 is 51.7 Å². The lowest BCUT2D eigenvalue weighted by Crippen LogP contribution is -2.58. The monoisotopic (exact) mass is 1010 g/mol. The second-order valence-corrected chi connectivity index (χ2v) is 19.9. The van der Waals surface area contributed by atoms with Crippen LogP contribution in [0.5, 0.6) is 5.75 Å². The van der Waals surface area contributed by atoms with Gasteiger partial charge in [-0.25, -0.2) is 4.98 Å². The molecule has 0 bridgehead atoms. The first-order chi connectivity index (χ1) is 33.1. The molecule has 0 saturated carbocycles. The number of aliphatic hydroxyl groups excluding tert-OH is 1. The van der Waals surface area contributed by atoms with Crippen LogP contribution in [0.25, 0.3) is 10.4 Å². The number of nitriles is 1. The van der Waals surface area contributed by atoms with E-state index in [0.717, 1.165) is 38.7 Å². The second-order valence-electron chi connectivity index (χ2n) is 18.7. The first kappa shape index (κ1) is 53.4. The van der Waals surface area contributed by atoms with Crippen LogP contribution in [0.3, 0.4) is 0 Å². The van der Waals surface area contributed by atoms with Gasteiger partial charge in [-0.1, -0.05) is 51.1 Å². The molecular formula is C50H58F3N7O8S2. The van der Waals surface area contributed by atoms with E-state index in [0.29, 0.717) is 50.5 Å². The Bertz CT molecular complexity index is 2580. The van der Waals surface area contributed by atoms with Crippen LogP contribution in [0.2, 0.25) is 0 Å². The van der Waals surface area contributed by atoms with Gasteiger partial charge in [-0.05, 0) is 99.1 Å². The van der Waals surface area contributed by atoms with Crippen LogP contribution >= 0.6 is 23.6 Å². The Kier molecular flexibility index (Phi) is 17.4. The van der Waals surface area contributed by atoms with Crippen LogP contribution in [0, 0.1) is 23.7 Å². The molecular weight excluding hydrogens is 948 g/mol. The van der Waals surface area contributed by atoms with E-state index >= 15 is 0 Å².